The molecule has 12 rings (SSSR count). The van der Waals surface area contributed by atoms with Gasteiger partial charge in [0.05, 0.1) is 11.0 Å². The zero-order chi connectivity index (χ0) is 36.7. The highest BCUT2D eigenvalue weighted by Gasteiger charge is 2.22. The van der Waals surface area contributed by atoms with Gasteiger partial charge in [-0.1, -0.05) is 140 Å². The predicted molar refractivity (Wildman–Crippen MR) is 230 cm³/mol. The molecular formula is C51H30N4O. The van der Waals surface area contributed by atoms with Gasteiger partial charge >= 0.3 is 0 Å². The average molecular weight is 715 g/mol. The Morgan fingerprint density at radius 3 is 1.86 bits per heavy atom. The van der Waals surface area contributed by atoms with Crippen molar-refractivity contribution in [3.05, 3.63) is 182 Å². The van der Waals surface area contributed by atoms with Crippen LogP contribution >= 0.6 is 0 Å². The Balaban J connectivity index is 1.17. The molecule has 3 heterocycles. The Hall–Kier alpha value is -7.63. The van der Waals surface area contributed by atoms with E-state index in [2.05, 4.69) is 168 Å². The summed E-state index contributed by atoms with van der Waals surface area (Å²) >= 11 is 0. The smallest absolute Gasteiger partial charge is 0.164 e. The van der Waals surface area contributed by atoms with Crippen LogP contribution in [0.2, 0.25) is 0 Å². The predicted octanol–water partition coefficient (Wildman–Crippen LogP) is 13.3. The summed E-state index contributed by atoms with van der Waals surface area (Å²) in [6.45, 7) is 0. The van der Waals surface area contributed by atoms with E-state index in [-0.39, 0.29) is 0 Å². The van der Waals surface area contributed by atoms with Crippen molar-refractivity contribution in [2.75, 3.05) is 0 Å². The van der Waals surface area contributed by atoms with Crippen LogP contribution in [0.1, 0.15) is 0 Å². The summed E-state index contributed by atoms with van der Waals surface area (Å²) < 4.78 is 9.22. The van der Waals surface area contributed by atoms with Gasteiger partial charge in [-0.25, -0.2) is 15.0 Å². The standard InChI is InChI=1S/C51H30N4O/c1-2-14-32(15-3-1)49-52-50(40-23-12-19-31-13-6-8-20-37(31)40)54-51(53-49)43-28-35-18-7-9-21-38(35)48-47(43)42-30-36(25-26-46(42)56-48)55-44-24-11-10-22-39(44)41-27-33-16-4-5-17-34(33)29-45(41)55/h1-30H. The molecule has 56 heavy (non-hydrogen) atoms. The Morgan fingerprint density at radius 2 is 1.02 bits per heavy atom. The topological polar surface area (TPSA) is 56.7 Å². The molecule has 0 radical (unpaired) electrons. The Kier molecular flexibility index (Phi) is 6.56. The van der Waals surface area contributed by atoms with Crippen LogP contribution in [0.4, 0.5) is 0 Å². The lowest BCUT2D eigenvalue weighted by Gasteiger charge is -2.12. The van der Waals surface area contributed by atoms with E-state index in [1.807, 2.05) is 18.2 Å². The van der Waals surface area contributed by atoms with Crippen molar-refractivity contribution in [2.45, 2.75) is 0 Å². The highest BCUT2D eigenvalue weighted by Crippen LogP contribution is 2.43. The van der Waals surface area contributed by atoms with Gasteiger partial charge in [0.2, 0.25) is 0 Å². The normalized spacial score (nSPS) is 11.9. The summed E-state index contributed by atoms with van der Waals surface area (Å²) in [7, 11) is 0. The first-order valence-corrected chi connectivity index (χ1v) is 18.9. The highest BCUT2D eigenvalue weighted by molar-refractivity contribution is 6.21. The number of rotatable bonds is 4. The number of aromatic nitrogens is 4. The van der Waals surface area contributed by atoms with Crippen LogP contribution in [0.25, 0.3) is 116 Å². The fourth-order valence-electron chi connectivity index (χ4n) is 8.60. The number of hydrogen-bond acceptors (Lipinski definition) is 4. The van der Waals surface area contributed by atoms with Gasteiger partial charge in [0, 0.05) is 49.3 Å². The molecule has 0 N–H and O–H groups in total. The summed E-state index contributed by atoms with van der Waals surface area (Å²) in [5.41, 5.74) is 7.76. The van der Waals surface area contributed by atoms with Crippen molar-refractivity contribution in [1.82, 2.24) is 19.5 Å². The van der Waals surface area contributed by atoms with E-state index in [0.717, 1.165) is 76.9 Å². The van der Waals surface area contributed by atoms with Crippen LogP contribution in [0.5, 0.6) is 0 Å². The second-order valence-corrected chi connectivity index (χ2v) is 14.4. The first-order valence-electron chi connectivity index (χ1n) is 18.9. The molecule has 5 heteroatoms. The quantitative estimate of drug-likeness (QED) is 0.182. The van der Waals surface area contributed by atoms with Crippen LogP contribution in [0, 0.1) is 0 Å². The third kappa shape index (κ3) is 4.64. The Labute approximate surface area is 320 Å². The van der Waals surface area contributed by atoms with Crippen molar-refractivity contribution in [1.29, 1.82) is 0 Å². The van der Waals surface area contributed by atoms with Crippen molar-refractivity contribution in [3.63, 3.8) is 0 Å². The number of furan rings is 1. The Morgan fingerprint density at radius 1 is 0.375 bits per heavy atom. The molecule has 0 aliphatic heterocycles. The lowest BCUT2D eigenvalue weighted by molar-refractivity contribution is 0.672. The van der Waals surface area contributed by atoms with Crippen molar-refractivity contribution < 1.29 is 4.42 Å². The molecule has 0 fully saturated rings. The van der Waals surface area contributed by atoms with Crippen LogP contribution in [-0.4, -0.2) is 19.5 Å². The molecule has 0 bridgehead atoms. The highest BCUT2D eigenvalue weighted by atomic mass is 16.3. The molecule has 0 spiro atoms. The lowest BCUT2D eigenvalue weighted by atomic mass is 9.99. The minimum absolute atomic E-state index is 0.592. The number of fused-ring (bicyclic) bond motifs is 10. The first kappa shape index (κ1) is 30.8. The van der Waals surface area contributed by atoms with Crippen LogP contribution in [0.15, 0.2) is 186 Å². The van der Waals surface area contributed by atoms with E-state index in [1.54, 1.807) is 0 Å². The van der Waals surface area contributed by atoms with E-state index in [4.69, 9.17) is 19.4 Å². The van der Waals surface area contributed by atoms with E-state index < -0.39 is 0 Å². The minimum atomic E-state index is 0.592. The number of benzene rings is 9. The van der Waals surface area contributed by atoms with E-state index in [1.165, 1.54) is 21.5 Å². The lowest BCUT2D eigenvalue weighted by Crippen LogP contribution is -2.01. The van der Waals surface area contributed by atoms with Crippen molar-refractivity contribution >= 4 is 76.1 Å². The molecule has 0 saturated heterocycles. The van der Waals surface area contributed by atoms with Crippen LogP contribution in [0.3, 0.4) is 0 Å². The van der Waals surface area contributed by atoms with Crippen molar-refractivity contribution in [2.24, 2.45) is 0 Å². The molecule has 260 valence electrons. The molecule has 3 aromatic heterocycles. The molecule has 0 saturated carbocycles. The number of nitrogens with zero attached hydrogens (tertiary/aromatic N) is 4. The summed E-state index contributed by atoms with van der Waals surface area (Å²) in [5.74, 6) is 1.83. The molecule has 0 amide bonds. The maximum atomic E-state index is 6.84. The fraction of sp³-hybridized carbons (Fsp3) is 0. The summed E-state index contributed by atoms with van der Waals surface area (Å²) in [6.07, 6.45) is 0. The fourth-order valence-corrected chi connectivity index (χ4v) is 8.60. The molecular weight excluding hydrogens is 685 g/mol. The summed E-state index contributed by atoms with van der Waals surface area (Å²) in [5, 5.41) is 11.2. The third-order valence-electron chi connectivity index (χ3n) is 11.2. The van der Waals surface area contributed by atoms with Crippen LogP contribution < -0.4 is 0 Å². The monoisotopic (exact) mass is 714 g/mol. The largest absolute Gasteiger partial charge is 0.455 e. The van der Waals surface area contributed by atoms with E-state index in [9.17, 15) is 0 Å². The molecule has 5 nitrogen and oxygen atoms in total. The number of para-hydroxylation sites is 1. The molecule has 0 unspecified atom stereocenters. The van der Waals surface area contributed by atoms with Gasteiger partial charge in [-0.2, -0.15) is 0 Å². The SMILES string of the molecule is c1ccc(-c2nc(-c3cccc4ccccc34)nc(-c3cc4ccccc4c4oc5ccc(-n6c7ccccc7c7cc8ccccc8cc76)cc5c34)n2)cc1. The molecule has 0 aliphatic rings. The Bertz CT molecular complexity index is 3540. The number of hydrogen-bond donors (Lipinski definition) is 0. The van der Waals surface area contributed by atoms with Crippen LogP contribution in [-0.2, 0) is 0 Å². The minimum Gasteiger partial charge on any atom is -0.455 e. The molecule has 0 atom stereocenters. The van der Waals surface area contributed by atoms with Gasteiger partial charge in [-0.3, -0.25) is 0 Å². The zero-order valence-electron chi connectivity index (χ0n) is 30.0. The van der Waals surface area contributed by atoms with E-state index >= 15 is 0 Å². The summed E-state index contributed by atoms with van der Waals surface area (Å²) in [6, 6.07) is 63.9. The van der Waals surface area contributed by atoms with Gasteiger partial charge in [-0.05, 0) is 69.4 Å². The first-order chi connectivity index (χ1) is 27.7. The molecule has 0 aliphatic carbocycles. The molecule has 12 aromatic rings. The van der Waals surface area contributed by atoms with Gasteiger partial charge in [0.15, 0.2) is 17.5 Å². The second-order valence-electron chi connectivity index (χ2n) is 14.4. The zero-order valence-corrected chi connectivity index (χ0v) is 30.0. The van der Waals surface area contributed by atoms with Gasteiger partial charge < -0.3 is 8.98 Å². The van der Waals surface area contributed by atoms with E-state index in [0.29, 0.717) is 17.5 Å². The van der Waals surface area contributed by atoms with Crippen molar-refractivity contribution in [3.8, 4) is 39.9 Å². The maximum absolute atomic E-state index is 6.84. The van der Waals surface area contributed by atoms with Gasteiger partial charge in [0.25, 0.3) is 0 Å². The average Bonchev–Trinajstić information content (AvgIpc) is 3.81. The summed E-state index contributed by atoms with van der Waals surface area (Å²) in [4.78, 5) is 15.7. The van der Waals surface area contributed by atoms with Gasteiger partial charge in [-0.15, -0.1) is 0 Å². The molecule has 9 aromatic carbocycles. The third-order valence-corrected chi connectivity index (χ3v) is 11.2. The maximum Gasteiger partial charge on any atom is 0.164 e. The van der Waals surface area contributed by atoms with Gasteiger partial charge in [0.1, 0.15) is 11.2 Å². The second kappa shape index (κ2) is 11.9.